The Bertz CT molecular complexity index is 744. The van der Waals surface area contributed by atoms with Gasteiger partial charge in [0.25, 0.3) is 5.91 Å². The van der Waals surface area contributed by atoms with Gasteiger partial charge in [0.05, 0.1) is 18.7 Å². The van der Waals surface area contributed by atoms with Gasteiger partial charge in [-0.1, -0.05) is 48.4 Å². The molecule has 3 rings (SSSR count). The van der Waals surface area contributed by atoms with Gasteiger partial charge in [-0.15, -0.1) is 0 Å². The van der Waals surface area contributed by atoms with Crippen LogP contribution < -0.4 is 10.1 Å². The van der Waals surface area contributed by atoms with Crippen molar-refractivity contribution in [2.75, 3.05) is 26.7 Å². The van der Waals surface area contributed by atoms with Crippen LogP contribution in [-0.2, 0) is 0 Å². The van der Waals surface area contributed by atoms with Crippen molar-refractivity contribution in [2.24, 2.45) is 0 Å². The maximum Gasteiger partial charge on any atom is 0.255 e. The summed E-state index contributed by atoms with van der Waals surface area (Å²) in [6, 6.07) is 15.2. The van der Waals surface area contributed by atoms with E-state index in [1.165, 1.54) is 19.3 Å². The summed E-state index contributed by atoms with van der Waals surface area (Å²) in [5, 5.41) is 3.82. The molecule has 0 saturated carbocycles. The molecule has 1 amide bonds. The highest BCUT2D eigenvalue weighted by atomic mass is 35.5. The van der Waals surface area contributed by atoms with E-state index in [0.29, 0.717) is 17.9 Å². The lowest BCUT2D eigenvalue weighted by Gasteiger charge is -2.35. The Morgan fingerprint density at radius 1 is 1.12 bits per heavy atom. The molecule has 1 fully saturated rings. The van der Waals surface area contributed by atoms with Crippen molar-refractivity contribution in [3.05, 3.63) is 64.7 Å². The van der Waals surface area contributed by atoms with E-state index in [0.717, 1.165) is 23.7 Å². The van der Waals surface area contributed by atoms with Crippen molar-refractivity contribution >= 4 is 17.5 Å². The van der Waals surface area contributed by atoms with Crippen molar-refractivity contribution < 1.29 is 9.53 Å². The van der Waals surface area contributed by atoms with Gasteiger partial charge in [-0.25, -0.2) is 0 Å². The molecule has 138 valence electrons. The number of halogens is 1. The number of piperidine rings is 1. The van der Waals surface area contributed by atoms with Crippen LogP contribution in [0.4, 0.5) is 0 Å². The average molecular weight is 373 g/mol. The smallest absolute Gasteiger partial charge is 0.255 e. The summed E-state index contributed by atoms with van der Waals surface area (Å²) in [5.74, 6) is 0.453. The molecule has 1 heterocycles. The van der Waals surface area contributed by atoms with E-state index in [-0.39, 0.29) is 11.9 Å². The van der Waals surface area contributed by atoms with Crippen molar-refractivity contribution in [1.82, 2.24) is 10.2 Å². The molecule has 5 heteroatoms. The third kappa shape index (κ3) is 4.37. The van der Waals surface area contributed by atoms with E-state index in [9.17, 15) is 4.79 Å². The highest BCUT2D eigenvalue weighted by Gasteiger charge is 2.25. The van der Waals surface area contributed by atoms with Crippen molar-refractivity contribution in [3.63, 3.8) is 0 Å². The number of hydrogen-bond acceptors (Lipinski definition) is 3. The number of benzene rings is 2. The molecule has 0 unspecified atom stereocenters. The number of hydrogen-bond donors (Lipinski definition) is 1. The quantitative estimate of drug-likeness (QED) is 0.821. The molecule has 2 aromatic carbocycles. The Hall–Kier alpha value is -2.04. The van der Waals surface area contributed by atoms with Gasteiger partial charge in [0.1, 0.15) is 5.75 Å². The van der Waals surface area contributed by atoms with Crippen LogP contribution in [0.1, 0.15) is 41.2 Å². The number of rotatable bonds is 6. The van der Waals surface area contributed by atoms with Crippen LogP contribution in [0.15, 0.2) is 48.5 Å². The molecular weight excluding hydrogens is 348 g/mol. The van der Waals surface area contributed by atoms with Gasteiger partial charge in [0, 0.05) is 11.6 Å². The van der Waals surface area contributed by atoms with Gasteiger partial charge < -0.3 is 10.1 Å². The number of ether oxygens (including phenoxy) is 1. The predicted octanol–water partition coefficient (Wildman–Crippen LogP) is 4.31. The van der Waals surface area contributed by atoms with Crippen molar-refractivity contribution in [3.8, 4) is 5.75 Å². The molecule has 0 bridgehead atoms. The van der Waals surface area contributed by atoms with E-state index in [1.807, 2.05) is 30.3 Å². The molecule has 1 saturated heterocycles. The largest absolute Gasteiger partial charge is 0.496 e. The zero-order chi connectivity index (χ0) is 18.4. The van der Waals surface area contributed by atoms with Crippen LogP contribution in [0.2, 0.25) is 5.02 Å². The fraction of sp³-hybridized carbons (Fsp3) is 0.381. The Balaban J connectivity index is 1.77. The van der Waals surface area contributed by atoms with Crippen LogP contribution in [0.25, 0.3) is 0 Å². The maximum atomic E-state index is 12.7. The summed E-state index contributed by atoms with van der Waals surface area (Å²) in [6.07, 6.45) is 3.63. The van der Waals surface area contributed by atoms with Gasteiger partial charge >= 0.3 is 0 Å². The van der Waals surface area contributed by atoms with Gasteiger partial charge in [0.2, 0.25) is 0 Å². The van der Waals surface area contributed by atoms with Crippen LogP contribution in [0.5, 0.6) is 5.75 Å². The minimum atomic E-state index is -0.128. The first-order chi connectivity index (χ1) is 12.7. The summed E-state index contributed by atoms with van der Waals surface area (Å²) in [7, 11) is 1.58. The van der Waals surface area contributed by atoms with Crippen LogP contribution in [0, 0.1) is 0 Å². The molecule has 1 atom stereocenters. The lowest BCUT2D eigenvalue weighted by Crippen LogP contribution is -2.40. The van der Waals surface area contributed by atoms with Crippen molar-refractivity contribution in [2.45, 2.75) is 25.3 Å². The Morgan fingerprint density at radius 2 is 1.81 bits per heavy atom. The van der Waals surface area contributed by atoms with Crippen LogP contribution >= 0.6 is 11.6 Å². The lowest BCUT2D eigenvalue weighted by atomic mass is 10.0. The number of carbonyl (C=O) groups excluding carboxylic acids is 1. The molecule has 1 aliphatic rings. The summed E-state index contributed by atoms with van der Waals surface area (Å²) in [6.45, 7) is 2.57. The van der Waals surface area contributed by atoms with Gasteiger partial charge in [-0.3, -0.25) is 9.69 Å². The number of para-hydroxylation sites is 1. The molecule has 0 aliphatic carbocycles. The predicted molar refractivity (Wildman–Crippen MR) is 105 cm³/mol. The van der Waals surface area contributed by atoms with Crippen LogP contribution in [-0.4, -0.2) is 37.6 Å². The number of nitrogens with one attached hydrogen (secondary N) is 1. The highest BCUT2D eigenvalue weighted by molar-refractivity contribution is 6.31. The summed E-state index contributed by atoms with van der Waals surface area (Å²) in [5.41, 5.74) is 1.61. The standard InChI is InChI=1S/C21H25ClN2O2/c1-26-20-12-6-4-10-17(20)21(25)23-15-19(24-13-7-2-8-14-24)16-9-3-5-11-18(16)22/h3-6,9-12,19H,2,7-8,13-15H2,1H3,(H,23,25)/t19-/m1/s1. The molecule has 0 spiro atoms. The van der Waals surface area contributed by atoms with E-state index >= 15 is 0 Å². The topological polar surface area (TPSA) is 41.6 Å². The summed E-state index contributed by atoms with van der Waals surface area (Å²) < 4.78 is 5.30. The van der Waals surface area contributed by atoms with Gasteiger partial charge in [-0.2, -0.15) is 0 Å². The second-order valence-corrected chi connectivity index (χ2v) is 6.95. The van der Waals surface area contributed by atoms with Gasteiger partial charge in [0.15, 0.2) is 0 Å². The monoisotopic (exact) mass is 372 g/mol. The Labute approximate surface area is 160 Å². The summed E-state index contributed by atoms with van der Waals surface area (Å²) >= 11 is 6.46. The number of methoxy groups -OCH3 is 1. The molecule has 26 heavy (non-hydrogen) atoms. The molecule has 0 aromatic heterocycles. The minimum Gasteiger partial charge on any atom is -0.496 e. The van der Waals surface area contributed by atoms with E-state index in [2.05, 4.69) is 16.3 Å². The van der Waals surface area contributed by atoms with E-state index in [1.54, 1.807) is 19.2 Å². The van der Waals surface area contributed by atoms with Gasteiger partial charge in [-0.05, 0) is 49.7 Å². The number of likely N-dealkylation sites (tertiary alicyclic amines) is 1. The van der Waals surface area contributed by atoms with E-state index < -0.39 is 0 Å². The number of nitrogens with zero attached hydrogens (tertiary/aromatic N) is 1. The molecule has 4 nitrogen and oxygen atoms in total. The second-order valence-electron chi connectivity index (χ2n) is 6.54. The third-order valence-electron chi connectivity index (χ3n) is 4.90. The third-order valence-corrected chi connectivity index (χ3v) is 5.25. The molecule has 1 aliphatic heterocycles. The molecule has 0 radical (unpaired) electrons. The van der Waals surface area contributed by atoms with Crippen LogP contribution in [0.3, 0.4) is 0 Å². The first-order valence-corrected chi connectivity index (χ1v) is 9.48. The number of amides is 1. The Kier molecular flexibility index (Phi) is 6.53. The average Bonchev–Trinajstić information content (AvgIpc) is 2.70. The molecule has 1 N–H and O–H groups in total. The molecule has 2 aromatic rings. The first kappa shape index (κ1) is 18.7. The summed E-state index contributed by atoms with van der Waals surface area (Å²) in [4.78, 5) is 15.1. The molecular formula is C21H25ClN2O2. The Morgan fingerprint density at radius 3 is 2.54 bits per heavy atom. The number of carbonyl (C=O) groups is 1. The van der Waals surface area contributed by atoms with E-state index in [4.69, 9.17) is 16.3 Å². The highest BCUT2D eigenvalue weighted by Crippen LogP contribution is 2.29. The zero-order valence-corrected chi connectivity index (χ0v) is 15.8. The normalized spacial score (nSPS) is 16.1. The first-order valence-electron chi connectivity index (χ1n) is 9.10. The SMILES string of the molecule is COc1ccccc1C(=O)NC[C@H](c1ccccc1Cl)N1CCCCC1. The maximum absolute atomic E-state index is 12.7. The fourth-order valence-corrected chi connectivity index (χ4v) is 3.79. The lowest BCUT2D eigenvalue weighted by molar-refractivity contribution is 0.0921. The minimum absolute atomic E-state index is 0.0719. The fourth-order valence-electron chi connectivity index (χ4n) is 3.53. The zero-order valence-electron chi connectivity index (χ0n) is 15.1. The second kappa shape index (κ2) is 9.06. The van der Waals surface area contributed by atoms with Crippen molar-refractivity contribution in [1.29, 1.82) is 0 Å².